The van der Waals surface area contributed by atoms with Crippen molar-refractivity contribution in [3.63, 3.8) is 0 Å². The average molecular weight is 450 g/mol. The van der Waals surface area contributed by atoms with Crippen LogP contribution in [0, 0.1) is 5.82 Å². The van der Waals surface area contributed by atoms with Crippen LogP contribution < -0.4 is 10.1 Å². The molecule has 32 heavy (non-hydrogen) atoms. The maximum Gasteiger partial charge on any atom is 0.230 e. The zero-order valence-electron chi connectivity index (χ0n) is 17.2. The van der Waals surface area contributed by atoms with Gasteiger partial charge in [0, 0.05) is 24.5 Å². The van der Waals surface area contributed by atoms with Gasteiger partial charge in [-0.3, -0.25) is 9.36 Å². The Balaban J connectivity index is 1.49. The number of nitrogens with one attached hydrogen (secondary N) is 1. The summed E-state index contributed by atoms with van der Waals surface area (Å²) < 4.78 is 21.2. The zero-order chi connectivity index (χ0) is 22.3. The molecule has 9 heteroatoms. The van der Waals surface area contributed by atoms with Crippen LogP contribution in [0.25, 0.3) is 17.1 Å². The first kappa shape index (κ1) is 21.5. The first-order chi connectivity index (χ1) is 15.7. The topological polar surface area (TPSA) is 81.9 Å². The van der Waals surface area contributed by atoms with Crippen molar-refractivity contribution in [1.29, 1.82) is 0 Å². The number of hydrogen-bond donors (Lipinski definition) is 1. The number of halogens is 1. The van der Waals surface area contributed by atoms with Crippen molar-refractivity contribution in [2.24, 2.45) is 0 Å². The van der Waals surface area contributed by atoms with Crippen LogP contribution in [-0.2, 0) is 11.3 Å². The van der Waals surface area contributed by atoms with Crippen LogP contribution in [-0.4, -0.2) is 38.5 Å². The van der Waals surface area contributed by atoms with Gasteiger partial charge in [0.15, 0.2) is 11.0 Å². The van der Waals surface area contributed by atoms with E-state index in [-0.39, 0.29) is 17.5 Å². The first-order valence-corrected chi connectivity index (χ1v) is 10.8. The Morgan fingerprint density at radius 3 is 2.56 bits per heavy atom. The molecule has 2 aromatic carbocycles. The van der Waals surface area contributed by atoms with Crippen molar-refractivity contribution in [2.45, 2.75) is 11.7 Å². The summed E-state index contributed by atoms with van der Waals surface area (Å²) in [5, 5.41) is 11.8. The molecule has 1 amide bonds. The predicted molar refractivity (Wildman–Crippen MR) is 120 cm³/mol. The van der Waals surface area contributed by atoms with Gasteiger partial charge in [0.25, 0.3) is 0 Å². The standard InChI is InChI=1S/C23H20FN5O2S/c1-31-21-12-11-16(14-26-21)13-25-20(30)15-32-23-28-27-22(18-9-5-6-10-19(18)24)29(23)17-7-3-2-4-8-17/h2-12,14H,13,15H2,1H3,(H,25,30). The fourth-order valence-electron chi connectivity index (χ4n) is 3.01. The Morgan fingerprint density at radius 2 is 1.84 bits per heavy atom. The molecule has 0 atom stereocenters. The van der Waals surface area contributed by atoms with Gasteiger partial charge >= 0.3 is 0 Å². The molecule has 1 N–H and O–H groups in total. The quantitative estimate of drug-likeness (QED) is 0.411. The van der Waals surface area contributed by atoms with E-state index in [1.54, 1.807) is 42.1 Å². The Bertz CT molecular complexity index is 1200. The van der Waals surface area contributed by atoms with Crippen molar-refractivity contribution in [3.05, 3.63) is 84.3 Å². The van der Waals surface area contributed by atoms with E-state index < -0.39 is 0 Å². The van der Waals surface area contributed by atoms with E-state index in [0.717, 1.165) is 11.3 Å². The van der Waals surface area contributed by atoms with Gasteiger partial charge in [-0.2, -0.15) is 0 Å². The van der Waals surface area contributed by atoms with Crippen LogP contribution in [0.5, 0.6) is 5.88 Å². The second-order valence-corrected chi connectivity index (χ2v) is 7.67. The van der Waals surface area contributed by atoms with E-state index in [4.69, 9.17) is 4.74 Å². The third-order valence-electron chi connectivity index (χ3n) is 4.59. The second kappa shape index (κ2) is 10.1. The van der Waals surface area contributed by atoms with Crippen LogP contribution in [0.1, 0.15) is 5.56 Å². The van der Waals surface area contributed by atoms with E-state index in [2.05, 4.69) is 20.5 Å². The lowest BCUT2D eigenvalue weighted by Gasteiger charge is -2.11. The number of para-hydroxylation sites is 1. The minimum Gasteiger partial charge on any atom is -0.481 e. The molecule has 0 unspecified atom stereocenters. The Morgan fingerprint density at radius 1 is 1.06 bits per heavy atom. The summed E-state index contributed by atoms with van der Waals surface area (Å²) in [6.07, 6.45) is 1.65. The molecule has 0 saturated heterocycles. The number of carbonyl (C=O) groups excluding carboxylic acids is 1. The van der Waals surface area contributed by atoms with Crippen molar-refractivity contribution in [1.82, 2.24) is 25.1 Å². The Kier molecular flexibility index (Phi) is 6.76. The number of hydrogen-bond acceptors (Lipinski definition) is 6. The molecule has 0 aliphatic heterocycles. The summed E-state index contributed by atoms with van der Waals surface area (Å²) in [6.45, 7) is 0.349. The van der Waals surface area contributed by atoms with Crippen LogP contribution >= 0.6 is 11.8 Å². The van der Waals surface area contributed by atoms with E-state index in [1.807, 2.05) is 36.4 Å². The minimum absolute atomic E-state index is 0.131. The summed E-state index contributed by atoms with van der Waals surface area (Å²) >= 11 is 1.23. The van der Waals surface area contributed by atoms with Crippen LogP contribution in [0.2, 0.25) is 0 Å². The number of ether oxygens (including phenoxy) is 1. The number of benzene rings is 2. The highest BCUT2D eigenvalue weighted by atomic mass is 32.2. The predicted octanol–water partition coefficient (Wildman–Crippen LogP) is 3.89. The van der Waals surface area contributed by atoms with Gasteiger partial charge in [0.2, 0.25) is 11.8 Å². The van der Waals surface area contributed by atoms with Gasteiger partial charge in [-0.05, 0) is 29.8 Å². The number of nitrogens with zero attached hydrogens (tertiary/aromatic N) is 4. The number of pyridine rings is 1. The maximum atomic E-state index is 14.4. The summed E-state index contributed by atoms with van der Waals surface area (Å²) in [5.74, 6) is 0.467. The lowest BCUT2D eigenvalue weighted by Crippen LogP contribution is -2.24. The van der Waals surface area contributed by atoms with Gasteiger partial charge in [-0.15, -0.1) is 10.2 Å². The molecule has 0 aliphatic rings. The SMILES string of the molecule is COc1ccc(CNC(=O)CSc2nnc(-c3ccccc3F)n2-c2ccccc2)cn1. The lowest BCUT2D eigenvalue weighted by molar-refractivity contribution is -0.118. The van der Waals surface area contributed by atoms with Crippen LogP contribution in [0.3, 0.4) is 0 Å². The van der Waals surface area contributed by atoms with E-state index >= 15 is 0 Å². The average Bonchev–Trinajstić information content (AvgIpc) is 3.26. The summed E-state index contributed by atoms with van der Waals surface area (Å²) in [6, 6.07) is 19.4. The molecular weight excluding hydrogens is 429 g/mol. The number of rotatable bonds is 8. The fourth-order valence-corrected chi connectivity index (χ4v) is 3.79. The first-order valence-electron chi connectivity index (χ1n) is 9.80. The number of thioether (sulfide) groups is 1. The van der Waals surface area contributed by atoms with Gasteiger partial charge in [0.1, 0.15) is 5.82 Å². The highest BCUT2D eigenvalue weighted by molar-refractivity contribution is 7.99. The Labute approximate surface area is 188 Å². The molecule has 7 nitrogen and oxygen atoms in total. The monoisotopic (exact) mass is 449 g/mol. The number of carbonyl (C=O) groups is 1. The number of methoxy groups -OCH3 is 1. The molecule has 162 valence electrons. The van der Waals surface area contributed by atoms with E-state index in [9.17, 15) is 9.18 Å². The molecule has 0 bridgehead atoms. The zero-order valence-corrected chi connectivity index (χ0v) is 18.1. The third kappa shape index (κ3) is 4.94. The van der Waals surface area contributed by atoms with Crippen molar-refractivity contribution < 1.29 is 13.9 Å². The maximum absolute atomic E-state index is 14.4. The van der Waals surface area contributed by atoms with Crippen molar-refractivity contribution >= 4 is 17.7 Å². The lowest BCUT2D eigenvalue weighted by atomic mass is 10.2. The highest BCUT2D eigenvalue weighted by Gasteiger charge is 2.19. The molecule has 2 aromatic heterocycles. The van der Waals surface area contributed by atoms with Crippen molar-refractivity contribution in [3.8, 4) is 23.0 Å². The third-order valence-corrected chi connectivity index (χ3v) is 5.52. The highest BCUT2D eigenvalue weighted by Crippen LogP contribution is 2.29. The Hall–Kier alpha value is -3.72. The number of aromatic nitrogens is 4. The normalized spacial score (nSPS) is 10.7. The minimum atomic E-state index is -0.389. The second-order valence-electron chi connectivity index (χ2n) is 6.73. The van der Waals surface area contributed by atoms with E-state index in [1.165, 1.54) is 17.8 Å². The van der Waals surface area contributed by atoms with Crippen LogP contribution in [0.15, 0.2) is 78.1 Å². The number of amides is 1. The fraction of sp³-hybridized carbons (Fsp3) is 0.130. The molecule has 4 rings (SSSR count). The largest absolute Gasteiger partial charge is 0.481 e. The van der Waals surface area contributed by atoms with Gasteiger partial charge in [-0.25, -0.2) is 9.37 Å². The molecule has 2 heterocycles. The molecular formula is C23H20FN5O2S. The molecule has 0 saturated carbocycles. The van der Waals surface area contributed by atoms with Crippen molar-refractivity contribution in [2.75, 3.05) is 12.9 Å². The van der Waals surface area contributed by atoms with Gasteiger partial charge in [0.05, 0.1) is 18.4 Å². The van der Waals surface area contributed by atoms with Gasteiger partial charge < -0.3 is 10.1 Å². The molecule has 0 radical (unpaired) electrons. The summed E-state index contributed by atoms with van der Waals surface area (Å²) in [5.41, 5.74) is 1.98. The molecule has 0 fully saturated rings. The van der Waals surface area contributed by atoms with Crippen LogP contribution in [0.4, 0.5) is 4.39 Å². The van der Waals surface area contributed by atoms with Gasteiger partial charge in [-0.1, -0.05) is 48.2 Å². The molecule has 0 aliphatic carbocycles. The molecule has 0 spiro atoms. The van der Waals surface area contributed by atoms with E-state index in [0.29, 0.717) is 29.0 Å². The molecule has 4 aromatic rings. The summed E-state index contributed by atoms with van der Waals surface area (Å²) in [4.78, 5) is 16.5. The summed E-state index contributed by atoms with van der Waals surface area (Å²) in [7, 11) is 1.55. The smallest absolute Gasteiger partial charge is 0.230 e.